The summed E-state index contributed by atoms with van der Waals surface area (Å²) < 4.78 is 0. The number of benzene rings is 2. The molecule has 1 aromatic heterocycles. The predicted octanol–water partition coefficient (Wildman–Crippen LogP) is 4.22. The molecule has 35 heavy (non-hydrogen) atoms. The van der Waals surface area contributed by atoms with E-state index < -0.39 is 6.04 Å². The van der Waals surface area contributed by atoms with E-state index in [1.54, 1.807) is 12.3 Å². The minimum absolute atomic E-state index is 0.0576. The molecule has 1 atom stereocenters. The van der Waals surface area contributed by atoms with Crippen molar-refractivity contribution in [2.24, 2.45) is 11.7 Å². The zero-order valence-electron chi connectivity index (χ0n) is 21.0. The largest absolute Gasteiger partial charge is 0.508 e. The standard InChI is InChI=1S/C27H36N6O2/c1-17(2)15-22(28)26(35)33-13-11-32(12-14-33)21-8-6-20(7-9-21)30-27-29-16-19-5-10-23(34)24(18(3)4)25(19)31-27/h5-10,16-18,22,34H,11-15,28H2,1-4H3,(H,29,30,31). The number of nitrogens with zero attached hydrogens (tertiary/aromatic N) is 4. The van der Waals surface area contributed by atoms with E-state index in [4.69, 9.17) is 5.73 Å². The molecular weight excluding hydrogens is 440 g/mol. The first kappa shape index (κ1) is 24.7. The molecule has 1 aliphatic rings. The number of phenols is 1. The van der Waals surface area contributed by atoms with Gasteiger partial charge in [-0.3, -0.25) is 4.79 Å². The highest BCUT2D eigenvalue weighted by Crippen LogP contribution is 2.32. The van der Waals surface area contributed by atoms with Gasteiger partial charge in [-0.05, 0) is 54.7 Å². The number of phenolic OH excluding ortho intramolecular Hbond substituents is 1. The van der Waals surface area contributed by atoms with Crippen LogP contribution in [0, 0.1) is 5.92 Å². The highest BCUT2D eigenvalue weighted by Gasteiger charge is 2.25. The molecule has 4 rings (SSSR count). The summed E-state index contributed by atoms with van der Waals surface area (Å²) >= 11 is 0. The van der Waals surface area contributed by atoms with Crippen LogP contribution in [-0.2, 0) is 4.79 Å². The Hall–Kier alpha value is -3.39. The topological polar surface area (TPSA) is 108 Å². The molecule has 1 unspecified atom stereocenters. The third-order valence-electron chi connectivity index (χ3n) is 6.47. The SMILES string of the molecule is CC(C)CC(N)C(=O)N1CCN(c2ccc(Nc3ncc4ccc(O)c(C(C)C)c4n3)cc2)CC1. The van der Waals surface area contributed by atoms with Crippen LogP contribution in [0.1, 0.15) is 45.6 Å². The molecule has 3 aromatic rings. The maximum Gasteiger partial charge on any atom is 0.239 e. The first-order valence-electron chi connectivity index (χ1n) is 12.4. The lowest BCUT2D eigenvalue weighted by Gasteiger charge is -2.37. The summed E-state index contributed by atoms with van der Waals surface area (Å²) in [5.41, 5.74) is 9.68. The lowest BCUT2D eigenvalue weighted by atomic mass is 9.99. The number of anilines is 3. The molecule has 1 saturated heterocycles. The van der Waals surface area contributed by atoms with Gasteiger partial charge >= 0.3 is 0 Å². The van der Waals surface area contributed by atoms with Gasteiger partial charge in [0.2, 0.25) is 11.9 Å². The van der Waals surface area contributed by atoms with Gasteiger partial charge < -0.3 is 26.0 Å². The van der Waals surface area contributed by atoms with E-state index in [1.165, 1.54) is 0 Å². The molecule has 1 aliphatic heterocycles. The number of hydrogen-bond donors (Lipinski definition) is 3. The summed E-state index contributed by atoms with van der Waals surface area (Å²) in [4.78, 5) is 25.9. The molecule has 0 bridgehead atoms. The molecule has 2 aromatic carbocycles. The quantitative estimate of drug-likeness (QED) is 0.468. The lowest BCUT2D eigenvalue weighted by Crippen LogP contribution is -2.53. The van der Waals surface area contributed by atoms with Crippen molar-refractivity contribution in [1.29, 1.82) is 0 Å². The average Bonchev–Trinajstić information content (AvgIpc) is 2.83. The fourth-order valence-corrected chi connectivity index (χ4v) is 4.65. The normalized spacial score (nSPS) is 15.2. The van der Waals surface area contributed by atoms with Crippen molar-refractivity contribution >= 4 is 34.1 Å². The summed E-state index contributed by atoms with van der Waals surface area (Å²) in [7, 11) is 0. The maximum absolute atomic E-state index is 12.6. The summed E-state index contributed by atoms with van der Waals surface area (Å²) in [6, 6.07) is 11.3. The third kappa shape index (κ3) is 5.65. The van der Waals surface area contributed by atoms with Gasteiger partial charge in [0.25, 0.3) is 0 Å². The van der Waals surface area contributed by atoms with Crippen LogP contribution in [-0.4, -0.2) is 58.1 Å². The lowest BCUT2D eigenvalue weighted by molar-refractivity contribution is -0.133. The summed E-state index contributed by atoms with van der Waals surface area (Å²) in [6.45, 7) is 11.2. The first-order valence-corrected chi connectivity index (χ1v) is 12.4. The van der Waals surface area contributed by atoms with Gasteiger partial charge in [0.05, 0.1) is 11.6 Å². The number of aromatic nitrogens is 2. The second-order valence-electron chi connectivity index (χ2n) is 10.0. The Bertz CT molecular complexity index is 1170. The molecule has 1 amide bonds. The van der Waals surface area contributed by atoms with Crippen LogP contribution in [0.15, 0.2) is 42.6 Å². The molecule has 1 fully saturated rings. The van der Waals surface area contributed by atoms with E-state index in [0.29, 0.717) is 31.4 Å². The molecule has 0 radical (unpaired) electrons. The maximum atomic E-state index is 12.6. The number of nitrogens with two attached hydrogens (primary N) is 1. The Morgan fingerprint density at radius 2 is 1.74 bits per heavy atom. The van der Waals surface area contributed by atoms with E-state index in [0.717, 1.165) is 40.9 Å². The summed E-state index contributed by atoms with van der Waals surface area (Å²) in [5.74, 6) is 1.35. The average molecular weight is 477 g/mol. The molecule has 2 heterocycles. The monoisotopic (exact) mass is 476 g/mol. The Kier molecular flexibility index (Phi) is 7.40. The minimum atomic E-state index is -0.412. The van der Waals surface area contributed by atoms with Crippen LogP contribution in [0.4, 0.5) is 17.3 Å². The Labute approximate surface area is 207 Å². The number of carbonyl (C=O) groups excluding carboxylic acids is 1. The zero-order valence-corrected chi connectivity index (χ0v) is 21.0. The fourth-order valence-electron chi connectivity index (χ4n) is 4.65. The number of aromatic hydroxyl groups is 1. The van der Waals surface area contributed by atoms with E-state index in [-0.39, 0.29) is 17.6 Å². The van der Waals surface area contributed by atoms with Crippen LogP contribution >= 0.6 is 0 Å². The Balaban J connectivity index is 1.40. The molecule has 186 valence electrons. The zero-order chi connectivity index (χ0) is 25.1. The number of nitrogens with one attached hydrogen (secondary N) is 1. The van der Waals surface area contributed by atoms with Gasteiger partial charge in [0, 0.05) is 54.7 Å². The van der Waals surface area contributed by atoms with E-state index >= 15 is 0 Å². The van der Waals surface area contributed by atoms with Crippen LogP contribution in [0.25, 0.3) is 10.9 Å². The number of amides is 1. The van der Waals surface area contributed by atoms with Crippen molar-refractivity contribution < 1.29 is 9.90 Å². The van der Waals surface area contributed by atoms with E-state index in [9.17, 15) is 9.90 Å². The molecule has 0 aliphatic carbocycles. The number of carbonyl (C=O) groups is 1. The number of rotatable bonds is 7. The Morgan fingerprint density at radius 1 is 1.06 bits per heavy atom. The van der Waals surface area contributed by atoms with Gasteiger partial charge in [-0.25, -0.2) is 9.97 Å². The summed E-state index contributed by atoms with van der Waals surface area (Å²) in [5, 5.41) is 14.5. The smallest absolute Gasteiger partial charge is 0.239 e. The molecule has 4 N–H and O–H groups in total. The second kappa shape index (κ2) is 10.5. The molecule has 8 heteroatoms. The van der Waals surface area contributed by atoms with Gasteiger partial charge in [-0.1, -0.05) is 27.7 Å². The molecular formula is C27H36N6O2. The van der Waals surface area contributed by atoms with Crippen LogP contribution in [0.2, 0.25) is 0 Å². The summed E-state index contributed by atoms with van der Waals surface area (Å²) in [6.07, 6.45) is 2.49. The molecule has 0 saturated carbocycles. The predicted molar refractivity (Wildman–Crippen MR) is 141 cm³/mol. The third-order valence-corrected chi connectivity index (χ3v) is 6.47. The van der Waals surface area contributed by atoms with Gasteiger partial charge in [0.15, 0.2) is 0 Å². The number of fused-ring (bicyclic) bond motifs is 1. The van der Waals surface area contributed by atoms with Gasteiger partial charge in [-0.15, -0.1) is 0 Å². The highest BCUT2D eigenvalue weighted by molar-refractivity contribution is 5.85. The van der Waals surface area contributed by atoms with E-state index in [2.05, 4.69) is 46.2 Å². The number of hydrogen-bond acceptors (Lipinski definition) is 7. The Morgan fingerprint density at radius 3 is 2.37 bits per heavy atom. The molecule has 0 spiro atoms. The van der Waals surface area contributed by atoms with Crippen molar-refractivity contribution in [2.75, 3.05) is 36.4 Å². The van der Waals surface area contributed by atoms with Crippen molar-refractivity contribution in [3.63, 3.8) is 0 Å². The first-order chi connectivity index (χ1) is 16.7. The van der Waals surface area contributed by atoms with Crippen molar-refractivity contribution in [3.05, 3.63) is 48.2 Å². The number of piperazine rings is 1. The fraction of sp³-hybridized carbons (Fsp3) is 0.444. The minimum Gasteiger partial charge on any atom is -0.508 e. The van der Waals surface area contributed by atoms with Crippen LogP contribution in [0.3, 0.4) is 0 Å². The van der Waals surface area contributed by atoms with Gasteiger partial charge in [0.1, 0.15) is 5.75 Å². The van der Waals surface area contributed by atoms with Crippen LogP contribution < -0.4 is 16.0 Å². The van der Waals surface area contributed by atoms with Crippen molar-refractivity contribution in [1.82, 2.24) is 14.9 Å². The second-order valence-corrected chi connectivity index (χ2v) is 10.0. The van der Waals surface area contributed by atoms with E-state index in [1.807, 2.05) is 36.9 Å². The van der Waals surface area contributed by atoms with Crippen molar-refractivity contribution in [3.8, 4) is 5.75 Å². The van der Waals surface area contributed by atoms with Crippen LogP contribution in [0.5, 0.6) is 5.75 Å². The van der Waals surface area contributed by atoms with Crippen molar-refractivity contribution in [2.45, 2.75) is 46.1 Å². The van der Waals surface area contributed by atoms with Gasteiger partial charge in [-0.2, -0.15) is 0 Å². The molecule has 8 nitrogen and oxygen atoms in total. The highest BCUT2D eigenvalue weighted by atomic mass is 16.3.